The summed E-state index contributed by atoms with van der Waals surface area (Å²) in [4.78, 5) is 16.7. The maximum Gasteiger partial charge on any atom is 0.258 e. The molecule has 4 rings (SSSR count). The number of hydrogen-bond donors (Lipinski definition) is 0. The molecule has 1 heterocycles. The maximum atomic E-state index is 13.6. The molecule has 2 aromatic carbocycles. The average Bonchev–Trinajstić information content (AvgIpc) is 3.55. The zero-order valence-corrected chi connectivity index (χ0v) is 19.4. The van der Waals surface area contributed by atoms with E-state index in [9.17, 15) is 4.79 Å². The Balaban J connectivity index is 1.59. The predicted octanol–water partition coefficient (Wildman–Crippen LogP) is 5.93. The fourth-order valence-corrected chi connectivity index (χ4v) is 4.85. The number of amides is 1. The van der Waals surface area contributed by atoms with Gasteiger partial charge >= 0.3 is 0 Å². The molecule has 1 aliphatic rings. The van der Waals surface area contributed by atoms with Crippen LogP contribution in [0, 0.1) is 0 Å². The number of ether oxygens (including phenoxy) is 3. The van der Waals surface area contributed by atoms with Crippen LogP contribution in [0.15, 0.2) is 60.0 Å². The Morgan fingerprint density at radius 3 is 2.47 bits per heavy atom. The molecule has 32 heavy (non-hydrogen) atoms. The molecule has 0 saturated heterocycles. The highest BCUT2D eigenvalue weighted by molar-refractivity contribution is 7.09. The van der Waals surface area contributed by atoms with Crippen molar-refractivity contribution in [1.82, 2.24) is 4.90 Å². The first-order chi connectivity index (χ1) is 15.7. The smallest absolute Gasteiger partial charge is 0.258 e. The Morgan fingerprint density at radius 2 is 1.75 bits per heavy atom. The first kappa shape index (κ1) is 22.2. The second-order valence-electron chi connectivity index (χ2n) is 7.92. The summed E-state index contributed by atoms with van der Waals surface area (Å²) in [6, 6.07) is 17.6. The first-order valence-corrected chi connectivity index (χ1v) is 11.8. The van der Waals surface area contributed by atoms with Crippen molar-refractivity contribution in [3.8, 4) is 17.2 Å². The number of carbonyl (C=O) groups excluding carboxylic acids is 1. The monoisotopic (exact) mass is 451 g/mol. The van der Waals surface area contributed by atoms with Crippen molar-refractivity contribution in [2.45, 2.75) is 44.9 Å². The minimum absolute atomic E-state index is 0.00576. The molecular weight excluding hydrogens is 422 g/mol. The van der Waals surface area contributed by atoms with E-state index in [0.29, 0.717) is 36.0 Å². The molecule has 5 nitrogen and oxygen atoms in total. The van der Waals surface area contributed by atoms with Gasteiger partial charge in [0.1, 0.15) is 12.4 Å². The van der Waals surface area contributed by atoms with Crippen LogP contribution in [0.3, 0.4) is 0 Å². The van der Waals surface area contributed by atoms with Crippen molar-refractivity contribution in [3.05, 3.63) is 76.0 Å². The van der Waals surface area contributed by atoms with Gasteiger partial charge in [0.25, 0.3) is 5.91 Å². The largest absolute Gasteiger partial charge is 0.496 e. The van der Waals surface area contributed by atoms with E-state index in [1.807, 2.05) is 58.8 Å². The zero-order valence-electron chi connectivity index (χ0n) is 18.6. The highest BCUT2D eigenvalue weighted by atomic mass is 32.1. The fraction of sp³-hybridized carbons (Fsp3) is 0.346. The van der Waals surface area contributed by atoms with Crippen molar-refractivity contribution >= 4 is 17.2 Å². The molecule has 1 aliphatic carbocycles. The van der Waals surface area contributed by atoms with Gasteiger partial charge in [-0.15, -0.1) is 11.3 Å². The van der Waals surface area contributed by atoms with Crippen molar-refractivity contribution in [3.63, 3.8) is 0 Å². The van der Waals surface area contributed by atoms with Crippen LogP contribution in [0.2, 0.25) is 0 Å². The third-order valence-corrected chi connectivity index (χ3v) is 6.74. The summed E-state index contributed by atoms with van der Waals surface area (Å²) >= 11 is 1.66. The lowest BCUT2D eigenvalue weighted by molar-refractivity contribution is 0.0661. The van der Waals surface area contributed by atoms with Crippen molar-refractivity contribution in [2.75, 3.05) is 14.2 Å². The van der Waals surface area contributed by atoms with Crippen molar-refractivity contribution < 1.29 is 19.0 Å². The summed E-state index contributed by atoms with van der Waals surface area (Å²) in [5, 5.41) is 2.04. The molecule has 168 valence electrons. The Hall–Kier alpha value is -2.99. The predicted molar refractivity (Wildman–Crippen MR) is 127 cm³/mol. The quantitative estimate of drug-likeness (QED) is 0.405. The number of carbonyl (C=O) groups is 1. The molecule has 0 N–H and O–H groups in total. The third kappa shape index (κ3) is 5.07. The molecular formula is C26H29NO4S. The lowest BCUT2D eigenvalue weighted by Crippen LogP contribution is -2.38. The van der Waals surface area contributed by atoms with Gasteiger partial charge in [0, 0.05) is 17.5 Å². The van der Waals surface area contributed by atoms with Gasteiger partial charge in [0.2, 0.25) is 0 Å². The van der Waals surface area contributed by atoms with Gasteiger partial charge in [0.05, 0.1) is 19.8 Å². The molecule has 0 aliphatic heterocycles. The van der Waals surface area contributed by atoms with Crippen LogP contribution in [0.25, 0.3) is 0 Å². The van der Waals surface area contributed by atoms with E-state index in [1.54, 1.807) is 25.6 Å². The SMILES string of the molecule is COc1ccc(CN(C(=O)c2ccccc2OC)C2CCCC2)cc1OCc1cccs1. The van der Waals surface area contributed by atoms with Gasteiger partial charge in [-0.2, -0.15) is 0 Å². The van der Waals surface area contributed by atoms with Gasteiger partial charge in [-0.05, 0) is 54.1 Å². The lowest BCUT2D eigenvalue weighted by Gasteiger charge is -2.30. The van der Waals surface area contributed by atoms with Gasteiger partial charge < -0.3 is 19.1 Å². The maximum absolute atomic E-state index is 13.6. The van der Waals surface area contributed by atoms with E-state index in [-0.39, 0.29) is 11.9 Å². The van der Waals surface area contributed by atoms with Gasteiger partial charge in [-0.3, -0.25) is 4.79 Å². The van der Waals surface area contributed by atoms with Gasteiger partial charge in [-0.25, -0.2) is 0 Å². The summed E-state index contributed by atoms with van der Waals surface area (Å²) in [5.74, 6) is 1.99. The second kappa shape index (κ2) is 10.6. The lowest BCUT2D eigenvalue weighted by atomic mass is 10.1. The number of thiophene rings is 1. The van der Waals surface area contributed by atoms with Gasteiger partial charge in [-0.1, -0.05) is 37.1 Å². The van der Waals surface area contributed by atoms with Crippen LogP contribution in [0.1, 0.15) is 46.5 Å². The zero-order chi connectivity index (χ0) is 22.3. The molecule has 1 fully saturated rings. The highest BCUT2D eigenvalue weighted by Crippen LogP contribution is 2.33. The number of nitrogens with zero attached hydrogens (tertiary/aromatic N) is 1. The summed E-state index contributed by atoms with van der Waals surface area (Å²) in [5.41, 5.74) is 1.62. The third-order valence-electron chi connectivity index (χ3n) is 5.89. The van der Waals surface area contributed by atoms with Crippen LogP contribution in [-0.2, 0) is 13.2 Å². The van der Waals surface area contributed by atoms with Crippen LogP contribution in [-0.4, -0.2) is 31.1 Å². The summed E-state index contributed by atoms with van der Waals surface area (Å²) in [7, 11) is 3.25. The average molecular weight is 452 g/mol. The molecule has 0 unspecified atom stereocenters. The Labute approximate surface area is 193 Å². The number of hydrogen-bond acceptors (Lipinski definition) is 5. The van der Waals surface area contributed by atoms with E-state index >= 15 is 0 Å². The van der Waals surface area contributed by atoms with Crippen molar-refractivity contribution in [1.29, 1.82) is 0 Å². The topological polar surface area (TPSA) is 48.0 Å². The Morgan fingerprint density at radius 1 is 0.969 bits per heavy atom. The van der Waals surface area contributed by atoms with Crippen LogP contribution >= 0.6 is 11.3 Å². The van der Waals surface area contributed by atoms with E-state index in [4.69, 9.17) is 14.2 Å². The minimum atomic E-state index is 0.00576. The second-order valence-corrected chi connectivity index (χ2v) is 8.96. The molecule has 1 saturated carbocycles. The molecule has 0 radical (unpaired) electrons. The van der Waals surface area contributed by atoms with Crippen LogP contribution in [0.4, 0.5) is 0 Å². The van der Waals surface area contributed by atoms with E-state index in [0.717, 1.165) is 36.1 Å². The summed E-state index contributed by atoms with van der Waals surface area (Å²) in [6.07, 6.45) is 4.36. The summed E-state index contributed by atoms with van der Waals surface area (Å²) < 4.78 is 17.0. The molecule has 0 bridgehead atoms. The molecule has 0 spiro atoms. The number of rotatable bonds is 9. The highest BCUT2D eigenvalue weighted by Gasteiger charge is 2.29. The Bertz CT molecular complexity index is 1030. The first-order valence-electron chi connectivity index (χ1n) is 11.0. The van der Waals surface area contributed by atoms with Gasteiger partial charge in [0.15, 0.2) is 11.5 Å². The normalized spacial score (nSPS) is 13.7. The number of para-hydroxylation sites is 1. The standard InChI is InChI=1S/C26H29NO4S/c1-29-23-12-6-5-11-22(23)26(28)27(20-8-3-4-9-20)17-19-13-14-24(30-2)25(16-19)31-18-21-10-7-15-32-21/h5-7,10-16,20H,3-4,8-9,17-18H2,1-2H3. The van der Waals surface area contributed by atoms with E-state index in [2.05, 4.69) is 6.07 Å². The fourth-order valence-electron chi connectivity index (χ4n) is 4.23. The molecule has 1 aromatic heterocycles. The number of methoxy groups -OCH3 is 2. The van der Waals surface area contributed by atoms with E-state index < -0.39 is 0 Å². The Kier molecular flexibility index (Phi) is 7.32. The summed E-state index contributed by atoms with van der Waals surface area (Å²) in [6.45, 7) is 1.00. The van der Waals surface area contributed by atoms with Crippen LogP contribution in [0.5, 0.6) is 17.2 Å². The molecule has 1 amide bonds. The van der Waals surface area contributed by atoms with Crippen LogP contribution < -0.4 is 14.2 Å². The van der Waals surface area contributed by atoms with E-state index in [1.165, 1.54) is 0 Å². The molecule has 0 atom stereocenters. The molecule has 3 aromatic rings. The van der Waals surface area contributed by atoms with Crippen molar-refractivity contribution in [2.24, 2.45) is 0 Å². The number of benzene rings is 2. The minimum Gasteiger partial charge on any atom is -0.496 e. The molecule has 6 heteroatoms.